The van der Waals surface area contributed by atoms with Crippen LogP contribution in [0.1, 0.15) is 49.3 Å². The largest absolute Gasteiger partial charge is 0.350 e. The molecule has 22 heavy (non-hydrogen) atoms. The van der Waals surface area contributed by atoms with Crippen LogP contribution in [-0.2, 0) is 13.0 Å². The molecule has 0 bridgehead atoms. The topological polar surface area (TPSA) is 64.0 Å². The van der Waals surface area contributed by atoms with E-state index in [1.165, 1.54) is 0 Å². The van der Waals surface area contributed by atoms with Gasteiger partial charge in [0.1, 0.15) is 5.82 Å². The Hall–Kier alpha value is -2.17. The van der Waals surface area contributed by atoms with Gasteiger partial charge in [-0.2, -0.15) is 0 Å². The van der Waals surface area contributed by atoms with Gasteiger partial charge in [-0.15, -0.1) is 0 Å². The number of hydrogen-bond acceptors (Lipinski definition) is 3. The van der Waals surface area contributed by atoms with Crippen molar-refractivity contribution in [2.24, 2.45) is 0 Å². The molecule has 0 fully saturated rings. The van der Waals surface area contributed by atoms with Crippen LogP contribution in [0.5, 0.6) is 0 Å². The fourth-order valence-electron chi connectivity index (χ4n) is 2.79. The second-order valence-electron chi connectivity index (χ2n) is 5.96. The predicted octanol–water partition coefficient (Wildman–Crippen LogP) is 2.26. The minimum absolute atomic E-state index is 0.00795. The van der Waals surface area contributed by atoms with Crippen LogP contribution in [0.3, 0.4) is 0 Å². The Labute approximate surface area is 129 Å². The molecule has 1 aliphatic rings. The molecular formula is C17H21N3O2. The van der Waals surface area contributed by atoms with Crippen molar-refractivity contribution < 1.29 is 4.79 Å². The first-order chi connectivity index (χ1) is 10.6. The summed E-state index contributed by atoms with van der Waals surface area (Å²) in [7, 11) is 0. The number of rotatable bonds is 3. The Bertz CT molecular complexity index is 779. The SMILES string of the molecule is CC[C@@H](C)NC(=O)c1ccc2c(=O)n3c(nc2c1)CCCC3. The number of hydrogen-bond donors (Lipinski definition) is 1. The zero-order valence-corrected chi connectivity index (χ0v) is 13.1. The maximum atomic E-state index is 12.5. The van der Waals surface area contributed by atoms with Crippen molar-refractivity contribution >= 4 is 16.8 Å². The van der Waals surface area contributed by atoms with Crippen LogP contribution in [-0.4, -0.2) is 21.5 Å². The number of nitrogens with one attached hydrogen (secondary N) is 1. The molecule has 5 nitrogen and oxygen atoms in total. The van der Waals surface area contributed by atoms with Gasteiger partial charge in [-0.05, 0) is 44.4 Å². The summed E-state index contributed by atoms with van der Waals surface area (Å²) in [6.45, 7) is 4.74. The lowest BCUT2D eigenvalue weighted by Gasteiger charge is -2.18. The van der Waals surface area contributed by atoms with E-state index in [1.807, 2.05) is 13.8 Å². The number of aryl methyl sites for hydroxylation is 1. The fraction of sp³-hybridized carbons (Fsp3) is 0.471. The van der Waals surface area contributed by atoms with E-state index in [0.29, 0.717) is 16.5 Å². The van der Waals surface area contributed by atoms with Crippen molar-refractivity contribution in [3.63, 3.8) is 0 Å². The van der Waals surface area contributed by atoms with Crippen LogP contribution >= 0.6 is 0 Å². The van der Waals surface area contributed by atoms with Gasteiger partial charge in [0.15, 0.2) is 0 Å². The summed E-state index contributed by atoms with van der Waals surface area (Å²) in [6.07, 6.45) is 3.79. The molecule has 0 spiro atoms. The Morgan fingerprint density at radius 2 is 2.23 bits per heavy atom. The minimum atomic E-state index is -0.115. The number of aromatic nitrogens is 2. The maximum absolute atomic E-state index is 12.5. The Kier molecular flexibility index (Phi) is 3.96. The van der Waals surface area contributed by atoms with E-state index in [2.05, 4.69) is 10.3 Å². The van der Waals surface area contributed by atoms with E-state index in [4.69, 9.17) is 0 Å². The molecule has 0 aliphatic carbocycles. The first kappa shape index (κ1) is 14.8. The maximum Gasteiger partial charge on any atom is 0.261 e. The zero-order chi connectivity index (χ0) is 15.7. The molecule has 0 saturated carbocycles. The van der Waals surface area contributed by atoms with Gasteiger partial charge >= 0.3 is 0 Å². The van der Waals surface area contributed by atoms with Crippen molar-refractivity contribution in [1.29, 1.82) is 0 Å². The summed E-state index contributed by atoms with van der Waals surface area (Å²) >= 11 is 0. The quantitative estimate of drug-likeness (QED) is 0.945. The first-order valence-corrected chi connectivity index (χ1v) is 7.94. The number of carbonyl (C=O) groups is 1. The number of fused-ring (bicyclic) bond motifs is 2. The van der Waals surface area contributed by atoms with Crippen LogP contribution in [0.2, 0.25) is 0 Å². The van der Waals surface area contributed by atoms with Gasteiger partial charge < -0.3 is 5.32 Å². The second kappa shape index (κ2) is 5.91. The number of amides is 1. The zero-order valence-electron chi connectivity index (χ0n) is 13.1. The average molecular weight is 299 g/mol. The van der Waals surface area contributed by atoms with Crippen molar-refractivity contribution in [1.82, 2.24) is 14.9 Å². The lowest BCUT2D eigenvalue weighted by molar-refractivity contribution is 0.0939. The third-order valence-corrected chi connectivity index (χ3v) is 4.32. The predicted molar refractivity (Wildman–Crippen MR) is 86.2 cm³/mol. The molecule has 2 aromatic rings. The lowest BCUT2D eigenvalue weighted by Crippen LogP contribution is -2.32. The highest BCUT2D eigenvalue weighted by Crippen LogP contribution is 2.16. The summed E-state index contributed by atoms with van der Waals surface area (Å²) in [5.74, 6) is 0.721. The third-order valence-electron chi connectivity index (χ3n) is 4.32. The summed E-state index contributed by atoms with van der Waals surface area (Å²) < 4.78 is 1.77. The van der Waals surface area contributed by atoms with Gasteiger partial charge in [0.25, 0.3) is 11.5 Å². The summed E-state index contributed by atoms with van der Waals surface area (Å²) in [4.78, 5) is 29.3. The molecule has 1 aromatic heterocycles. The van der Waals surface area contributed by atoms with E-state index in [1.54, 1.807) is 22.8 Å². The molecule has 1 atom stereocenters. The van der Waals surface area contributed by atoms with Gasteiger partial charge in [0.05, 0.1) is 10.9 Å². The monoisotopic (exact) mass is 299 g/mol. The number of benzene rings is 1. The van der Waals surface area contributed by atoms with Crippen molar-refractivity contribution in [2.45, 2.75) is 52.1 Å². The molecule has 0 radical (unpaired) electrons. The fourth-order valence-corrected chi connectivity index (χ4v) is 2.79. The Morgan fingerprint density at radius 3 is 3.00 bits per heavy atom. The standard InChI is InChI=1S/C17H21N3O2/c1-3-11(2)18-16(21)12-7-8-13-14(10-12)19-15-6-4-5-9-20(15)17(13)22/h7-8,10-11H,3-6,9H2,1-2H3,(H,18,21)/t11-/m1/s1. The third kappa shape index (κ3) is 2.63. The molecular weight excluding hydrogens is 278 g/mol. The normalized spacial score (nSPS) is 15.4. The van der Waals surface area contributed by atoms with E-state index in [0.717, 1.165) is 38.1 Å². The molecule has 1 aliphatic heterocycles. The Balaban J connectivity index is 2.03. The van der Waals surface area contributed by atoms with Gasteiger partial charge in [0.2, 0.25) is 0 Å². The molecule has 116 valence electrons. The van der Waals surface area contributed by atoms with E-state index in [-0.39, 0.29) is 17.5 Å². The van der Waals surface area contributed by atoms with Crippen LogP contribution < -0.4 is 10.9 Å². The molecule has 3 rings (SSSR count). The molecule has 2 heterocycles. The summed E-state index contributed by atoms with van der Waals surface area (Å²) in [5, 5.41) is 3.53. The second-order valence-corrected chi connectivity index (χ2v) is 5.96. The van der Waals surface area contributed by atoms with Crippen molar-refractivity contribution in [3.05, 3.63) is 39.9 Å². The van der Waals surface area contributed by atoms with Crippen molar-refractivity contribution in [2.75, 3.05) is 0 Å². The lowest BCUT2D eigenvalue weighted by atomic mass is 10.1. The Morgan fingerprint density at radius 1 is 1.41 bits per heavy atom. The molecule has 1 N–H and O–H groups in total. The minimum Gasteiger partial charge on any atom is -0.350 e. The van der Waals surface area contributed by atoms with Gasteiger partial charge in [0, 0.05) is 24.6 Å². The highest BCUT2D eigenvalue weighted by atomic mass is 16.1. The highest BCUT2D eigenvalue weighted by Gasteiger charge is 2.16. The van der Waals surface area contributed by atoms with E-state index >= 15 is 0 Å². The van der Waals surface area contributed by atoms with E-state index in [9.17, 15) is 9.59 Å². The number of nitrogens with zero attached hydrogens (tertiary/aromatic N) is 2. The van der Waals surface area contributed by atoms with Crippen LogP contribution in [0, 0.1) is 0 Å². The van der Waals surface area contributed by atoms with Crippen LogP contribution in [0.4, 0.5) is 0 Å². The summed E-state index contributed by atoms with van der Waals surface area (Å²) in [6, 6.07) is 5.28. The number of carbonyl (C=O) groups excluding carboxylic acids is 1. The average Bonchev–Trinajstić information content (AvgIpc) is 2.54. The molecule has 1 amide bonds. The highest BCUT2D eigenvalue weighted by molar-refractivity contribution is 5.97. The smallest absolute Gasteiger partial charge is 0.261 e. The van der Waals surface area contributed by atoms with Crippen LogP contribution in [0.25, 0.3) is 10.9 Å². The molecule has 0 unspecified atom stereocenters. The van der Waals surface area contributed by atoms with Gasteiger partial charge in [-0.25, -0.2) is 4.98 Å². The molecule has 5 heteroatoms. The van der Waals surface area contributed by atoms with Gasteiger partial charge in [-0.1, -0.05) is 6.92 Å². The summed E-state index contributed by atoms with van der Waals surface area (Å²) in [5.41, 5.74) is 1.18. The first-order valence-electron chi connectivity index (χ1n) is 7.94. The van der Waals surface area contributed by atoms with E-state index < -0.39 is 0 Å². The van der Waals surface area contributed by atoms with Crippen molar-refractivity contribution in [3.8, 4) is 0 Å². The van der Waals surface area contributed by atoms with Gasteiger partial charge in [-0.3, -0.25) is 14.2 Å². The molecule has 1 aromatic carbocycles. The van der Waals surface area contributed by atoms with Crippen LogP contribution in [0.15, 0.2) is 23.0 Å². The molecule has 0 saturated heterocycles.